The Morgan fingerprint density at radius 2 is 1.84 bits per heavy atom. The fourth-order valence-electron chi connectivity index (χ4n) is 1.80. The van der Waals surface area contributed by atoms with E-state index in [0.717, 1.165) is 5.56 Å². The first kappa shape index (κ1) is 19.6. The number of urea groups is 1. The highest BCUT2D eigenvalue weighted by atomic mass is 35.5. The Bertz CT molecular complexity index is 728. The smallest absolute Gasteiger partial charge is 0.372 e. The summed E-state index contributed by atoms with van der Waals surface area (Å²) in [7, 11) is 0. The number of alkyl halides is 4. The lowest BCUT2D eigenvalue weighted by atomic mass is 10.2. The molecule has 9 heteroatoms. The largest absolute Gasteiger partial charge is 0.442 e. The molecule has 0 spiro atoms. The van der Waals surface area contributed by atoms with E-state index >= 15 is 0 Å². The Morgan fingerprint density at radius 3 is 2.44 bits per heavy atom. The number of ether oxygens (including phenoxy) is 1. The van der Waals surface area contributed by atoms with Crippen LogP contribution < -0.4 is 15.4 Å². The number of amides is 2. The number of hydrogen-bond donors (Lipinski definition) is 2. The van der Waals surface area contributed by atoms with Gasteiger partial charge >= 0.3 is 11.3 Å². The predicted molar refractivity (Wildman–Crippen MR) is 94.8 cm³/mol. The molecule has 0 aromatic heterocycles. The van der Waals surface area contributed by atoms with Crippen molar-refractivity contribution in [3.05, 3.63) is 59.1 Å². The summed E-state index contributed by atoms with van der Waals surface area (Å²) < 4.78 is 30.8. The molecule has 0 saturated heterocycles. The van der Waals surface area contributed by atoms with E-state index in [2.05, 4.69) is 15.4 Å². The van der Waals surface area contributed by atoms with E-state index in [0.29, 0.717) is 10.7 Å². The maximum absolute atomic E-state index is 13.4. The van der Waals surface area contributed by atoms with Gasteiger partial charge in [-0.1, -0.05) is 41.4 Å². The van der Waals surface area contributed by atoms with Gasteiger partial charge in [-0.15, -0.1) is 0 Å². The van der Waals surface area contributed by atoms with Crippen LogP contribution in [-0.2, 0) is 6.54 Å². The van der Waals surface area contributed by atoms with Crippen molar-refractivity contribution in [3.8, 4) is 5.75 Å². The van der Waals surface area contributed by atoms with E-state index in [-0.39, 0.29) is 12.3 Å². The minimum absolute atomic E-state index is 0.0529. The summed E-state index contributed by atoms with van der Waals surface area (Å²) >= 11 is 16.1. The van der Waals surface area contributed by atoms with Gasteiger partial charge in [0.1, 0.15) is 5.75 Å². The monoisotopic (exact) mass is 408 g/mol. The Kier molecular flexibility index (Phi) is 6.70. The second-order valence-electron chi connectivity index (χ2n) is 4.89. The third kappa shape index (κ3) is 5.92. The summed E-state index contributed by atoms with van der Waals surface area (Å²) in [5, 5.41) is 2.58. The molecule has 2 unspecified atom stereocenters. The summed E-state index contributed by atoms with van der Waals surface area (Å²) in [4.78, 5) is 11.9. The Hall–Kier alpha value is -1.76. The second kappa shape index (κ2) is 8.56. The molecule has 2 amide bonds. The second-order valence-corrected chi connectivity index (χ2v) is 6.19. The third-order valence-corrected chi connectivity index (χ3v) is 4.05. The van der Waals surface area contributed by atoms with Gasteiger partial charge in [0.15, 0.2) is 0 Å². The zero-order chi connectivity index (χ0) is 18.4. The summed E-state index contributed by atoms with van der Waals surface area (Å²) in [6.45, 7) is 0.247. The number of carbonyl (C=O) groups excluding carboxylic acids is 1. The van der Waals surface area contributed by atoms with Crippen LogP contribution in [0.15, 0.2) is 48.5 Å². The highest BCUT2D eigenvalue weighted by molar-refractivity contribution is 6.31. The number of hydrogen-bond acceptors (Lipinski definition) is 2. The highest BCUT2D eigenvalue weighted by Crippen LogP contribution is 2.31. The zero-order valence-electron chi connectivity index (χ0n) is 12.6. The molecule has 4 nitrogen and oxygen atoms in total. The standard InChI is InChI=1S/C16H13Cl3F2N2O2/c17-13-4-2-1-3-10(13)9-22-15(24)23-11-5-7-12(8-6-11)25-16(19,21)14(18)20/h1-8,14H,9H2,(H2,22,23,24). The molecule has 2 aromatic rings. The summed E-state index contributed by atoms with van der Waals surface area (Å²) in [5.41, 5.74) is -1.36. The van der Waals surface area contributed by atoms with E-state index < -0.39 is 17.0 Å². The van der Waals surface area contributed by atoms with Crippen LogP contribution >= 0.6 is 34.8 Å². The normalized spacial score (nSPS) is 14.3. The van der Waals surface area contributed by atoms with Gasteiger partial charge in [-0.05, 0) is 47.5 Å². The quantitative estimate of drug-likeness (QED) is 0.624. The van der Waals surface area contributed by atoms with E-state index in [1.165, 1.54) is 24.3 Å². The summed E-state index contributed by atoms with van der Waals surface area (Å²) in [6, 6.07) is 12.1. The maximum Gasteiger partial charge on any atom is 0.372 e. The first-order valence-electron chi connectivity index (χ1n) is 7.01. The molecule has 0 aliphatic rings. The first-order chi connectivity index (χ1) is 11.8. The molecular weight excluding hydrogens is 397 g/mol. The number of benzene rings is 2. The molecular formula is C16H13Cl3F2N2O2. The fraction of sp³-hybridized carbons (Fsp3) is 0.188. The van der Waals surface area contributed by atoms with Crippen LogP contribution in [-0.4, -0.2) is 17.0 Å². The van der Waals surface area contributed by atoms with Crippen LogP contribution in [0, 0.1) is 0 Å². The van der Waals surface area contributed by atoms with E-state index in [4.69, 9.17) is 34.8 Å². The lowest BCUT2D eigenvalue weighted by Crippen LogP contribution is -2.31. The topological polar surface area (TPSA) is 50.4 Å². The van der Waals surface area contributed by atoms with Crippen molar-refractivity contribution < 1.29 is 18.3 Å². The van der Waals surface area contributed by atoms with Crippen LogP contribution in [0.4, 0.5) is 19.3 Å². The lowest BCUT2D eigenvalue weighted by molar-refractivity contribution is -0.0169. The molecule has 2 atom stereocenters. The van der Waals surface area contributed by atoms with E-state index in [1.807, 2.05) is 6.07 Å². The molecule has 0 fully saturated rings. The van der Waals surface area contributed by atoms with Gasteiger partial charge in [0.2, 0.25) is 0 Å². The van der Waals surface area contributed by atoms with Crippen LogP contribution in [0.1, 0.15) is 5.56 Å². The minimum atomic E-state index is -3.18. The van der Waals surface area contributed by atoms with Crippen LogP contribution in [0.25, 0.3) is 0 Å². The first-order valence-corrected chi connectivity index (χ1v) is 8.20. The number of rotatable bonds is 6. The van der Waals surface area contributed by atoms with Crippen molar-refractivity contribution in [1.82, 2.24) is 5.32 Å². The van der Waals surface area contributed by atoms with Crippen molar-refractivity contribution in [1.29, 1.82) is 0 Å². The molecule has 0 aliphatic heterocycles. The van der Waals surface area contributed by atoms with Gasteiger partial charge in [-0.3, -0.25) is 0 Å². The van der Waals surface area contributed by atoms with E-state index in [1.54, 1.807) is 18.2 Å². The van der Waals surface area contributed by atoms with Crippen LogP contribution in [0.5, 0.6) is 5.75 Å². The Balaban J connectivity index is 1.88. The van der Waals surface area contributed by atoms with Gasteiger partial charge in [-0.25, -0.2) is 9.18 Å². The van der Waals surface area contributed by atoms with Crippen molar-refractivity contribution >= 4 is 46.5 Å². The maximum atomic E-state index is 13.4. The number of carbonyl (C=O) groups is 1. The van der Waals surface area contributed by atoms with Crippen LogP contribution in [0.3, 0.4) is 0 Å². The molecule has 2 N–H and O–H groups in total. The Labute approximate surface area is 158 Å². The average Bonchev–Trinajstić information content (AvgIpc) is 2.55. The number of nitrogens with one attached hydrogen (secondary N) is 2. The van der Waals surface area contributed by atoms with Gasteiger partial charge in [0.25, 0.3) is 5.63 Å². The summed E-state index contributed by atoms with van der Waals surface area (Å²) in [6.07, 6.45) is 0. The van der Waals surface area contributed by atoms with Gasteiger partial charge in [0, 0.05) is 17.3 Å². The van der Waals surface area contributed by atoms with Crippen LogP contribution in [0.2, 0.25) is 5.02 Å². The average molecular weight is 410 g/mol. The molecule has 134 valence electrons. The Morgan fingerprint density at radius 1 is 1.20 bits per heavy atom. The van der Waals surface area contributed by atoms with Crippen molar-refractivity contribution in [2.75, 3.05) is 5.32 Å². The number of halogens is 5. The van der Waals surface area contributed by atoms with Gasteiger partial charge < -0.3 is 15.4 Å². The lowest BCUT2D eigenvalue weighted by Gasteiger charge is -2.19. The highest BCUT2D eigenvalue weighted by Gasteiger charge is 2.39. The number of anilines is 1. The molecule has 25 heavy (non-hydrogen) atoms. The van der Waals surface area contributed by atoms with Gasteiger partial charge in [-0.2, -0.15) is 4.39 Å². The third-order valence-electron chi connectivity index (χ3n) is 3.02. The molecule has 0 saturated carbocycles. The molecule has 2 aromatic carbocycles. The van der Waals surface area contributed by atoms with Crippen molar-refractivity contribution in [2.24, 2.45) is 0 Å². The molecule has 0 aliphatic carbocycles. The summed E-state index contributed by atoms with van der Waals surface area (Å²) in [5.74, 6) is -0.0529. The SMILES string of the molecule is O=C(NCc1ccccc1Cl)Nc1ccc(OC(F)(Cl)C(F)Cl)cc1. The van der Waals surface area contributed by atoms with Crippen molar-refractivity contribution in [2.45, 2.75) is 17.5 Å². The molecule has 0 radical (unpaired) electrons. The molecule has 0 heterocycles. The van der Waals surface area contributed by atoms with Crippen molar-refractivity contribution in [3.63, 3.8) is 0 Å². The zero-order valence-corrected chi connectivity index (χ0v) is 14.9. The minimum Gasteiger partial charge on any atom is -0.442 e. The fourth-order valence-corrected chi connectivity index (χ4v) is 2.14. The van der Waals surface area contributed by atoms with Gasteiger partial charge in [0.05, 0.1) is 0 Å². The molecule has 2 rings (SSSR count). The van der Waals surface area contributed by atoms with E-state index in [9.17, 15) is 13.6 Å². The molecule has 0 bridgehead atoms. The predicted octanol–water partition coefficient (Wildman–Crippen LogP) is 5.44.